The van der Waals surface area contributed by atoms with E-state index in [1.54, 1.807) is 0 Å². The Morgan fingerprint density at radius 1 is 1.13 bits per heavy atom. The van der Waals surface area contributed by atoms with Gasteiger partial charge in [-0.25, -0.2) is 0 Å². The molecule has 1 saturated heterocycles. The molecule has 0 N–H and O–H groups in total. The summed E-state index contributed by atoms with van der Waals surface area (Å²) < 4.78 is 11.7. The molecule has 1 aromatic carbocycles. The van der Waals surface area contributed by atoms with Crippen LogP contribution in [0.25, 0.3) is 6.08 Å². The van der Waals surface area contributed by atoms with Crippen LogP contribution in [-0.4, -0.2) is 11.9 Å². The predicted octanol–water partition coefficient (Wildman–Crippen LogP) is 2.91. The Bertz CT molecular complexity index is 420. The van der Waals surface area contributed by atoms with Crippen molar-refractivity contribution in [2.45, 2.75) is 31.8 Å². The Balaban J connectivity index is 2.06. The van der Waals surface area contributed by atoms with Gasteiger partial charge in [0.25, 0.3) is 0 Å². The van der Waals surface area contributed by atoms with Crippen molar-refractivity contribution in [2.24, 2.45) is 0 Å². The van der Waals surface area contributed by atoms with Crippen molar-refractivity contribution in [1.82, 2.24) is 0 Å². The lowest BCUT2D eigenvalue weighted by molar-refractivity contribution is -0.143. The quantitative estimate of drug-likeness (QED) is 0.644. The van der Waals surface area contributed by atoms with E-state index in [4.69, 9.17) is 9.47 Å². The van der Waals surface area contributed by atoms with Crippen molar-refractivity contribution >= 4 is 6.08 Å². The van der Waals surface area contributed by atoms with Crippen LogP contribution in [0.5, 0.6) is 0 Å². The Kier molecular flexibility index (Phi) is 1.79. The molecule has 2 heteroatoms. The van der Waals surface area contributed by atoms with E-state index in [0.717, 1.165) is 0 Å². The van der Waals surface area contributed by atoms with Crippen LogP contribution in [0, 0.1) is 0 Å². The molecule has 78 valence electrons. The fourth-order valence-electron chi connectivity index (χ4n) is 2.29. The monoisotopic (exact) mass is 202 g/mol. The topological polar surface area (TPSA) is 18.5 Å². The Hall–Kier alpha value is -1.12. The van der Waals surface area contributed by atoms with Gasteiger partial charge >= 0.3 is 0 Å². The molecular weight excluding hydrogens is 188 g/mol. The maximum atomic E-state index is 5.91. The van der Waals surface area contributed by atoms with Crippen LogP contribution < -0.4 is 0 Å². The molecule has 0 bridgehead atoms. The number of hydrogen-bond donors (Lipinski definition) is 0. The van der Waals surface area contributed by atoms with Crippen LogP contribution in [-0.2, 0) is 9.47 Å². The van der Waals surface area contributed by atoms with Crippen molar-refractivity contribution in [2.75, 3.05) is 0 Å². The Labute approximate surface area is 89.5 Å². The van der Waals surface area contributed by atoms with Gasteiger partial charge in [0.15, 0.2) is 5.79 Å². The van der Waals surface area contributed by atoms with Gasteiger partial charge < -0.3 is 9.47 Å². The molecule has 2 unspecified atom stereocenters. The molecule has 2 nitrogen and oxygen atoms in total. The van der Waals surface area contributed by atoms with Crippen molar-refractivity contribution in [3.63, 3.8) is 0 Å². The molecule has 2 aliphatic rings. The number of ether oxygens (including phenoxy) is 2. The predicted molar refractivity (Wildman–Crippen MR) is 58.3 cm³/mol. The van der Waals surface area contributed by atoms with Gasteiger partial charge in [0, 0.05) is 0 Å². The summed E-state index contributed by atoms with van der Waals surface area (Å²) in [6, 6.07) is 8.31. The van der Waals surface area contributed by atoms with E-state index in [1.807, 2.05) is 26.0 Å². The smallest absolute Gasteiger partial charge is 0.164 e. The van der Waals surface area contributed by atoms with Crippen LogP contribution in [0.15, 0.2) is 30.3 Å². The lowest BCUT2D eigenvalue weighted by Crippen LogP contribution is -2.20. The fourth-order valence-corrected chi connectivity index (χ4v) is 2.29. The summed E-state index contributed by atoms with van der Waals surface area (Å²) in [5.41, 5.74) is 2.47. The molecule has 1 aliphatic heterocycles. The SMILES string of the molecule is CC1(C)OC2C=Cc3ccccc3C2O1. The molecule has 1 fully saturated rings. The second-order valence-electron chi connectivity index (χ2n) is 4.51. The average Bonchev–Trinajstić information content (AvgIpc) is 2.52. The highest BCUT2D eigenvalue weighted by Gasteiger charge is 2.42. The minimum absolute atomic E-state index is 0.0567. The largest absolute Gasteiger partial charge is 0.340 e. The molecule has 0 spiro atoms. The van der Waals surface area contributed by atoms with Crippen molar-refractivity contribution in [1.29, 1.82) is 0 Å². The molecule has 3 rings (SSSR count). The molecule has 1 aliphatic carbocycles. The Morgan fingerprint density at radius 2 is 1.93 bits per heavy atom. The summed E-state index contributed by atoms with van der Waals surface area (Å²) in [6.07, 6.45) is 4.32. The highest BCUT2D eigenvalue weighted by atomic mass is 16.7. The number of fused-ring (bicyclic) bond motifs is 3. The van der Waals surface area contributed by atoms with E-state index in [-0.39, 0.29) is 12.2 Å². The summed E-state index contributed by atoms with van der Waals surface area (Å²) in [7, 11) is 0. The van der Waals surface area contributed by atoms with E-state index >= 15 is 0 Å². The average molecular weight is 202 g/mol. The number of hydrogen-bond acceptors (Lipinski definition) is 2. The van der Waals surface area contributed by atoms with Crippen molar-refractivity contribution < 1.29 is 9.47 Å². The van der Waals surface area contributed by atoms with Gasteiger partial charge in [-0.05, 0) is 25.0 Å². The highest BCUT2D eigenvalue weighted by molar-refractivity contribution is 5.58. The molecule has 0 saturated carbocycles. The third-order valence-electron chi connectivity index (χ3n) is 2.90. The van der Waals surface area contributed by atoms with Crippen LogP contribution in [0.3, 0.4) is 0 Å². The molecule has 15 heavy (non-hydrogen) atoms. The molecule has 1 heterocycles. The maximum absolute atomic E-state index is 5.91. The van der Waals surface area contributed by atoms with Crippen LogP contribution >= 0.6 is 0 Å². The van der Waals surface area contributed by atoms with Gasteiger partial charge in [-0.1, -0.05) is 36.4 Å². The van der Waals surface area contributed by atoms with Gasteiger partial charge in [-0.15, -0.1) is 0 Å². The van der Waals surface area contributed by atoms with Gasteiger partial charge in [0.2, 0.25) is 0 Å². The van der Waals surface area contributed by atoms with E-state index < -0.39 is 5.79 Å². The third kappa shape index (κ3) is 1.41. The first-order valence-electron chi connectivity index (χ1n) is 5.28. The van der Waals surface area contributed by atoms with Gasteiger partial charge in [-0.2, -0.15) is 0 Å². The van der Waals surface area contributed by atoms with Gasteiger partial charge in [0.05, 0.1) is 0 Å². The molecule has 0 radical (unpaired) electrons. The minimum atomic E-state index is -0.475. The second kappa shape index (κ2) is 2.94. The molecule has 0 amide bonds. The fraction of sp³-hybridized carbons (Fsp3) is 0.385. The highest BCUT2D eigenvalue weighted by Crippen LogP contribution is 2.42. The maximum Gasteiger partial charge on any atom is 0.164 e. The zero-order valence-electron chi connectivity index (χ0n) is 8.94. The second-order valence-corrected chi connectivity index (χ2v) is 4.51. The van der Waals surface area contributed by atoms with Crippen LogP contribution in [0.1, 0.15) is 31.1 Å². The first-order chi connectivity index (χ1) is 7.16. The zero-order valence-corrected chi connectivity index (χ0v) is 8.94. The first kappa shape index (κ1) is 9.13. The summed E-state index contributed by atoms with van der Waals surface area (Å²) in [4.78, 5) is 0. The molecule has 0 aromatic heterocycles. The lowest BCUT2D eigenvalue weighted by atomic mass is 9.93. The zero-order chi connectivity index (χ0) is 10.5. The van der Waals surface area contributed by atoms with Gasteiger partial charge in [0.1, 0.15) is 12.2 Å². The van der Waals surface area contributed by atoms with E-state index in [9.17, 15) is 0 Å². The van der Waals surface area contributed by atoms with Gasteiger partial charge in [-0.3, -0.25) is 0 Å². The Morgan fingerprint density at radius 3 is 2.80 bits per heavy atom. The number of rotatable bonds is 0. The standard InChI is InChI=1S/C13H14O2/c1-13(2)14-11-8-7-9-5-3-4-6-10(9)12(11)15-13/h3-8,11-12H,1-2H3. The molecular formula is C13H14O2. The first-order valence-corrected chi connectivity index (χ1v) is 5.28. The van der Waals surface area contributed by atoms with E-state index in [0.29, 0.717) is 0 Å². The van der Waals surface area contributed by atoms with Crippen LogP contribution in [0.4, 0.5) is 0 Å². The minimum Gasteiger partial charge on any atom is -0.340 e. The van der Waals surface area contributed by atoms with Crippen molar-refractivity contribution in [3.05, 3.63) is 41.5 Å². The number of benzene rings is 1. The van der Waals surface area contributed by atoms with E-state index in [2.05, 4.69) is 24.3 Å². The molecule has 2 atom stereocenters. The third-order valence-corrected chi connectivity index (χ3v) is 2.90. The summed E-state index contributed by atoms with van der Waals surface area (Å²) in [6.45, 7) is 3.92. The summed E-state index contributed by atoms with van der Waals surface area (Å²) >= 11 is 0. The van der Waals surface area contributed by atoms with E-state index in [1.165, 1.54) is 11.1 Å². The summed E-state index contributed by atoms with van der Waals surface area (Å²) in [5.74, 6) is -0.475. The lowest BCUT2D eigenvalue weighted by Gasteiger charge is -2.20. The summed E-state index contributed by atoms with van der Waals surface area (Å²) in [5, 5.41) is 0. The van der Waals surface area contributed by atoms with Crippen molar-refractivity contribution in [3.8, 4) is 0 Å². The van der Waals surface area contributed by atoms with Crippen LogP contribution in [0.2, 0.25) is 0 Å². The molecule has 1 aromatic rings. The normalized spacial score (nSPS) is 31.1.